The summed E-state index contributed by atoms with van der Waals surface area (Å²) < 4.78 is 9.98. The molecule has 0 heterocycles. The second-order valence-electron chi connectivity index (χ2n) is 5.47. The molecule has 0 aliphatic carbocycles. The fourth-order valence-corrected chi connectivity index (χ4v) is 2.06. The topological polar surface area (TPSA) is 128 Å². The molecular formula is C18H18N2O7. The molecule has 0 bridgehead atoms. The molecule has 2 rings (SSSR count). The molecule has 1 unspecified atom stereocenters. The van der Waals surface area contributed by atoms with Crippen LogP contribution in [0.3, 0.4) is 0 Å². The minimum atomic E-state index is -1.29. The number of non-ortho nitro benzene ring substituents is 1. The van der Waals surface area contributed by atoms with Crippen LogP contribution in [0.15, 0.2) is 54.6 Å². The van der Waals surface area contributed by atoms with Crippen LogP contribution in [-0.2, 0) is 27.5 Å². The van der Waals surface area contributed by atoms with Gasteiger partial charge in [0.25, 0.3) is 5.69 Å². The van der Waals surface area contributed by atoms with E-state index in [-0.39, 0.29) is 18.9 Å². The molecule has 2 N–H and O–H groups in total. The van der Waals surface area contributed by atoms with Crippen LogP contribution in [0.5, 0.6) is 0 Å². The summed E-state index contributed by atoms with van der Waals surface area (Å²) >= 11 is 0. The van der Waals surface area contributed by atoms with E-state index in [0.717, 1.165) is 5.56 Å². The molecule has 0 radical (unpaired) electrons. The van der Waals surface area contributed by atoms with Crippen molar-refractivity contribution in [2.45, 2.75) is 19.3 Å². The standard InChI is InChI=1S/C18H18N2O7/c21-10-16(19-18(23)27-12-13-4-2-1-3-5-13)17(22)26-11-14-6-8-15(9-7-14)20(24)25/h1-9,16,21H,10-12H2,(H,19,23). The predicted octanol–water partition coefficient (Wildman–Crippen LogP) is 1.93. The van der Waals surface area contributed by atoms with Gasteiger partial charge in [-0.1, -0.05) is 30.3 Å². The van der Waals surface area contributed by atoms with Crippen LogP contribution in [0, 0.1) is 10.1 Å². The maximum atomic E-state index is 12.0. The van der Waals surface area contributed by atoms with Crippen molar-refractivity contribution in [1.82, 2.24) is 5.32 Å². The monoisotopic (exact) mass is 374 g/mol. The van der Waals surface area contributed by atoms with Crippen molar-refractivity contribution in [3.8, 4) is 0 Å². The Morgan fingerprint density at radius 3 is 2.19 bits per heavy atom. The van der Waals surface area contributed by atoms with E-state index in [1.165, 1.54) is 24.3 Å². The van der Waals surface area contributed by atoms with Crippen LogP contribution >= 0.6 is 0 Å². The van der Waals surface area contributed by atoms with Gasteiger partial charge in [-0.15, -0.1) is 0 Å². The second kappa shape index (κ2) is 9.88. The first-order chi connectivity index (χ1) is 13.0. The first kappa shape index (κ1) is 19.9. The summed E-state index contributed by atoms with van der Waals surface area (Å²) in [7, 11) is 0. The van der Waals surface area contributed by atoms with Gasteiger partial charge in [-0.3, -0.25) is 10.1 Å². The minimum absolute atomic E-state index is 0.0165. The van der Waals surface area contributed by atoms with Gasteiger partial charge >= 0.3 is 12.1 Å². The summed E-state index contributed by atoms with van der Waals surface area (Å²) in [4.78, 5) is 33.8. The zero-order chi connectivity index (χ0) is 19.6. The largest absolute Gasteiger partial charge is 0.459 e. The number of esters is 1. The van der Waals surface area contributed by atoms with Gasteiger partial charge in [0.05, 0.1) is 11.5 Å². The van der Waals surface area contributed by atoms with Gasteiger partial charge in [0.1, 0.15) is 13.2 Å². The summed E-state index contributed by atoms with van der Waals surface area (Å²) in [6.45, 7) is -0.809. The third kappa shape index (κ3) is 6.40. The number of nitrogens with zero attached hydrogens (tertiary/aromatic N) is 1. The van der Waals surface area contributed by atoms with Crippen molar-refractivity contribution < 1.29 is 29.1 Å². The summed E-state index contributed by atoms with van der Waals surface area (Å²) in [6, 6.07) is 13.1. The molecule has 0 aliphatic heterocycles. The normalized spacial score (nSPS) is 11.3. The number of nitro benzene ring substituents is 1. The van der Waals surface area contributed by atoms with E-state index in [1.807, 2.05) is 6.07 Å². The number of carbonyl (C=O) groups is 2. The maximum absolute atomic E-state index is 12.0. The van der Waals surface area contributed by atoms with E-state index < -0.39 is 29.6 Å². The Morgan fingerprint density at radius 2 is 1.59 bits per heavy atom. The molecule has 1 amide bonds. The van der Waals surface area contributed by atoms with Crippen LogP contribution in [0.2, 0.25) is 0 Å². The molecule has 0 saturated heterocycles. The molecule has 142 valence electrons. The van der Waals surface area contributed by atoms with Gasteiger partial charge in [0.2, 0.25) is 0 Å². The number of carbonyl (C=O) groups excluding carboxylic acids is 2. The Morgan fingerprint density at radius 1 is 1.00 bits per heavy atom. The van der Waals surface area contributed by atoms with E-state index in [1.54, 1.807) is 24.3 Å². The van der Waals surface area contributed by atoms with Crippen molar-refractivity contribution in [3.63, 3.8) is 0 Å². The zero-order valence-corrected chi connectivity index (χ0v) is 14.2. The minimum Gasteiger partial charge on any atom is -0.459 e. The lowest BCUT2D eigenvalue weighted by atomic mass is 10.2. The van der Waals surface area contributed by atoms with Crippen LogP contribution < -0.4 is 5.32 Å². The first-order valence-electron chi connectivity index (χ1n) is 7.97. The smallest absolute Gasteiger partial charge is 0.408 e. The first-order valence-corrected chi connectivity index (χ1v) is 7.97. The number of rotatable bonds is 8. The fourth-order valence-electron chi connectivity index (χ4n) is 2.06. The van der Waals surface area contributed by atoms with E-state index in [0.29, 0.717) is 5.56 Å². The molecule has 9 nitrogen and oxygen atoms in total. The highest BCUT2D eigenvalue weighted by Crippen LogP contribution is 2.12. The third-order valence-electron chi connectivity index (χ3n) is 3.50. The lowest BCUT2D eigenvalue weighted by Crippen LogP contribution is -2.44. The van der Waals surface area contributed by atoms with Crippen molar-refractivity contribution in [2.75, 3.05) is 6.61 Å². The number of aliphatic hydroxyl groups is 1. The highest BCUT2D eigenvalue weighted by Gasteiger charge is 2.22. The van der Waals surface area contributed by atoms with Gasteiger partial charge in [-0.2, -0.15) is 0 Å². The number of aliphatic hydroxyl groups excluding tert-OH is 1. The van der Waals surface area contributed by atoms with Crippen LogP contribution in [0.25, 0.3) is 0 Å². The van der Waals surface area contributed by atoms with Gasteiger partial charge in [-0.05, 0) is 23.3 Å². The number of alkyl carbamates (subject to hydrolysis) is 1. The summed E-state index contributed by atoms with van der Waals surface area (Å²) in [6.07, 6.45) is -0.870. The SMILES string of the molecule is O=C(NC(CO)C(=O)OCc1ccc([N+](=O)[O-])cc1)OCc1ccccc1. The number of ether oxygens (including phenoxy) is 2. The second-order valence-corrected chi connectivity index (χ2v) is 5.47. The number of hydrogen-bond acceptors (Lipinski definition) is 7. The van der Waals surface area contributed by atoms with E-state index in [9.17, 15) is 24.8 Å². The molecule has 0 saturated carbocycles. The highest BCUT2D eigenvalue weighted by atomic mass is 16.6. The highest BCUT2D eigenvalue weighted by molar-refractivity contribution is 5.81. The molecule has 9 heteroatoms. The van der Waals surface area contributed by atoms with E-state index in [4.69, 9.17) is 9.47 Å². The van der Waals surface area contributed by atoms with Crippen LogP contribution in [0.4, 0.5) is 10.5 Å². The molecule has 0 aliphatic rings. The van der Waals surface area contributed by atoms with Crippen LogP contribution in [-0.4, -0.2) is 34.7 Å². The Bertz CT molecular complexity index is 778. The average molecular weight is 374 g/mol. The quantitative estimate of drug-likeness (QED) is 0.410. The number of amides is 1. The Kier molecular flexibility index (Phi) is 7.26. The Labute approximate surface area is 154 Å². The molecule has 2 aromatic carbocycles. The number of nitrogens with one attached hydrogen (secondary N) is 1. The maximum Gasteiger partial charge on any atom is 0.408 e. The molecule has 27 heavy (non-hydrogen) atoms. The molecule has 1 atom stereocenters. The molecule has 0 aromatic heterocycles. The lowest BCUT2D eigenvalue weighted by Gasteiger charge is -2.15. The molecule has 0 fully saturated rings. The number of benzene rings is 2. The summed E-state index contributed by atoms with van der Waals surface area (Å²) in [5.74, 6) is -0.854. The number of nitro groups is 1. The molecule has 2 aromatic rings. The zero-order valence-electron chi connectivity index (χ0n) is 14.2. The van der Waals surface area contributed by atoms with Gasteiger partial charge in [0, 0.05) is 12.1 Å². The third-order valence-corrected chi connectivity index (χ3v) is 3.50. The molecule has 0 spiro atoms. The Balaban J connectivity index is 1.80. The van der Waals surface area contributed by atoms with Gasteiger partial charge in [-0.25, -0.2) is 9.59 Å². The lowest BCUT2D eigenvalue weighted by molar-refractivity contribution is -0.384. The predicted molar refractivity (Wildman–Crippen MR) is 93.5 cm³/mol. The van der Waals surface area contributed by atoms with Crippen molar-refractivity contribution in [1.29, 1.82) is 0 Å². The summed E-state index contributed by atoms with van der Waals surface area (Å²) in [5, 5.41) is 22.1. The average Bonchev–Trinajstić information content (AvgIpc) is 2.69. The van der Waals surface area contributed by atoms with E-state index >= 15 is 0 Å². The van der Waals surface area contributed by atoms with E-state index in [2.05, 4.69) is 5.32 Å². The number of hydrogen-bond donors (Lipinski definition) is 2. The molecular weight excluding hydrogens is 356 g/mol. The van der Waals surface area contributed by atoms with Crippen molar-refractivity contribution in [2.24, 2.45) is 0 Å². The van der Waals surface area contributed by atoms with Gasteiger partial charge < -0.3 is 19.9 Å². The van der Waals surface area contributed by atoms with Crippen molar-refractivity contribution >= 4 is 17.7 Å². The van der Waals surface area contributed by atoms with Crippen LogP contribution in [0.1, 0.15) is 11.1 Å². The van der Waals surface area contributed by atoms with Gasteiger partial charge in [0.15, 0.2) is 6.04 Å². The van der Waals surface area contributed by atoms with Crippen molar-refractivity contribution in [3.05, 3.63) is 75.8 Å². The Hall–Kier alpha value is -3.46. The fraction of sp³-hybridized carbons (Fsp3) is 0.222. The summed E-state index contributed by atoms with van der Waals surface area (Å²) in [5.41, 5.74) is 1.22.